The first kappa shape index (κ1) is 30.9. The van der Waals surface area contributed by atoms with Gasteiger partial charge in [0.05, 0.1) is 18.7 Å². The van der Waals surface area contributed by atoms with Gasteiger partial charge in [0.1, 0.15) is 17.8 Å². The minimum atomic E-state index is -1.22. The molecule has 42 heavy (non-hydrogen) atoms. The van der Waals surface area contributed by atoms with E-state index in [2.05, 4.69) is 36.9 Å². The molecule has 3 aromatic rings. The fourth-order valence-electron chi connectivity index (χ4n) is 4.80. The lowest BCUT2D eigenvalue weighted by Crippen LogP contribution is -2.57. The van der Waals surface area contributed by atoms with Gasteiger partial charge in [-0.1, -0.05) is 78.3 Å². The molecule has 220 valence electrons. The maximum atomic E-state index is 13.5. The number of imide groups is 1. The number of pyridine rings is 1. The van der Waals surface area contributed by atoms with Crippen LogP contribution in [0.3, 0.4) is 0 Å². The zero-order chi connectivity index (χ0) is 30.2. The van der Waals surface area contributed by atoms with Gasteiger partial charge in [0.15, 0.2) is 0 Å². The molecule has 1 fully saturated rings. The van der Waals surface area contributed by atoms with Crippen LogP contribution in [0, 0.1) is 5.92 Å². The summed E-state index contributed by atoms with van der Waals surface area (Å²) in [6.07, 6.45) is 0.794. The molecule has 0 unspecified atom stereocenters. The number of aliphatic hydroxyl groups excluding tert-OH is 1. The van der Waals surface area contributed by atoms with Gasteiger partial charge < -0.3 is 20.6 Å². The number of nitrogens with one attached hydrogen (secondary N) is 3. The number of carbonyl (C=O) groups excluding carboxylic acids is 4. The van der Waals surface area contributed by atoms with Gasteiger partial charge >= 0.3 is 6.03 Å². The van der Waals surface area contributed by atoms with Crippen molar-refractivity contribution in [1.29, 1.82) is 0 Å². The monoisotopic (exact) mass is 635 g/mol. The van der Waals surface area contributed by atoms with Crippen molar-refractivity contribution < 1.29 is 24.3 Å². The molecule has 0 radical (unpaired) electrons. The van der Waals surface area contributed by atoms with E-state index in [1.54, 1.807) is 32.0 Å². The molecule has 4 N–H and O–H groups in total. The summed E-state index contributed by atoms with van der Waals surface area (Å²) < 4.78 is 0.890. The van der Waals surface area contributed by atoms with Crippen LogP contribution >= 0.6 is 15.9 Å². The number of urea groups is 1. The molecule has 1 saturated heterocycles. The molecular weight excluding hydrogens is 602 g/mol. The predicted molar refractivity (Wildman–Crippen MR) is 160 cm³/mol. The number of hydrogen-bond donors (Lipinski definition) is 4. The molecule has 1 aromatic heterocycles. The Bertz CT molecular complexity index is 1390. The number of halogens is 1. The van der Waals surface area contributed by atoms with E-state index in [4.69, 9.17) is 0 Å². The molecule has 1 aliphatic heterocycles. The zero-order valence-corrected chi connectivity index (χ0v) is 25.0. The molecule has 1 aliphatic rings. The van der Waals surface area contributed by atoms with Crippen LogP contribution in [0.25, 0.3) is 0 Å². The van der Waals surface area contributed by atoms with Crippen LogP contribution in [-0.2, 0) is 22.4 Å². The van der Waals surface area contributed by atoms with Gasteiger partial charge in [0, 0.05) is 17.1 Å². The minimum Gasteiger partial charge on any atom is -0.389 e. The van der Waals surface area contributed by atoms with Crippen LogP contribution in [0.2, 0.25) is 0 Å². The van der Waals surface area contributed by atoms with E-state index >= 15 is 0 Å². The lowest BCUT2D eigenvalue weighted by Gasteiger charge is -2.31. The van der Waals surface area contributed by atoms with Crippen molar-refractivity contribution in [2.24, 2.45) is 5.92 Å². The van der Waals surface area contributed by atoms with Gasteiger partial charge in [-0.25, -0.2) is 4.79 Å². The quantitative estimate of drug-likeness (QED) is 0.226. The Morgan fingerprint density at radius 3 is 2.31 bits per heavy atom. The van der Waals surface area contributed by atoms with Crippen molar-refractivity contribution in [3.63, 3.8) is 0 Å². The maximum absolute atomic E-state index is 13.5. The predicted octanol–water partition coefficient (Wildman–Crippen LogP) is 2.85. The van der Waals surface area contributed by atoms with E-state index in [1.165, 1.54) is 11.1 Å². The first-order chi connectivity index (χ1) is 20.1. The molecule has 0 saturated carbocycles. The molecule has 2 heterocycles. The first-order valence-corrected chi connectivity index (χ1v) is 14.5. The second kappa shape index (κ2) is 14.2. The van der Waals surface area contributed by atoms with Crippen molar-refractivity contribution in [2.75, 3.05) is 6.54 Å². The van der Waals surface area contributed by atoms with Gasteiger partial charge in [0.25, 0.3) is 11.8 Å². The van der Waals surface area contributed by atoms with Crippen LogP contribution in [0.1, 0.15) is 35.5 Å². The number of β-amino-alcohol motifs (C(OH)–C–C–N with tert-alkyl or cyclic N) is 1. The number of carbonyl (C=O) groups is 4. The first-order valence-electron chi connectivity index (χ1n) is 13.7. The van der Waals surface area contributed by atoms with Gasteiger partial charge in [-0.2, -0.15) is 0 Å². The average molecular weight is 637 g/mol. The Kier molecular flexibility index (Phi) is 10.4. The summed E-state index contributed by atoms with van der Waals surface area (Å²) in [5, 5.41) is 19.4. The summed E-state index contributed by atoms with van der Waals surface area (Å²) in [5.74, 6) is -1.70. The third-order valence-electron chi connectivity index (χ3n) is 7.12. The van der Waals surface area contributed by atoms with E-state index in [-0.39, 0.29) is 31.0 Å². The Labute approximate surface area is 253 Å². The van der Waals surface area contributed by atoms with Gasteiger partial charge in [0.2, 0.25) is 5.91 Å². The number of hydrogen-bond acceptors (Lipinski definition) is 6. The van der Waals surface area contributed by atoms with Crippen LogP contribution in [0.4, 0.5) is 4.79 Å². The lowest BCUT2D eigenvalue weighted by atomic mass is 9.97. The van der Waals surface area contributed by atoms with E-state index in [0.717, 1.165) is 15.6 Å². The second-order valence-electron chi connectivity index (χ2n) is 10.6. The van der Waals surface area contributed by atoms with Crippen molar-refractivity contribution in [1.82, 2.24) is 25.8 Å². The molecule has 4 atom stereocenters. The summed E-state index contributed by atoms with van der Waals surface area (Å²) in [5.41, 5.74) is 1.89. The van der Waals surface area contributed by atoms with Crippen molar-refractivity contribution in [3.05, 3.63) is 100 Å². The summed E-state index contributed by atoms with van der Waals surface area (Å²) in [6.45, 7) is 3.42. The van der Waals surface area contributed by atoms with Gasteiger partial charge in [-0.05, 0) is 47.7 Å². The lowest BCUT2D eigenvalue weighted by molar-refractivity contribution is -0.126. The molecule has 2 aromatic carbocycles. The minimum absolute atomic E-state index is 0.179. The Morgan fingerprint density at radius 1 is 0.976 bits per heavy atom. The van der Waals surface area contributed by atoms with Gasteiger partial charge in [-0.15, -0.1) is 0 Å². The average Bonchev–Trinajstić information content (AvgIpc) is 3.24. The number of benzene rings is 2. The number of aliphatic hydroxyl groups is 1. The van der Waals surface area contributed by atoms with E-state index < -0.39 is 48.0 Å². The highest BCUT2D eigenvalue weighted by atomic mass is 79.9. The standard InChI is InChI=1S/C31H34BrN5O5/c1-19(2)27(35-28(39)23-10-6-7-15-33-23)30(41)34-24(16-20-8-4-3-5-9-20)26(38)18-37-25(29(40)36-31(37)42)17-21-11-13-22(32)14-12-21/h3-15,19,24-27,38H,16-18H2,1-2H3,(H,34,41)(H,35,39)(H,36,40,42)/t24-,25-,26-,27-/m0/s1. The third kappa shape index (κ3) is 8.01. The maximum Gasteiger partial charge on any atom is 0.324 e. The number of amides is 5. The highest BCUT2D eigenvalue weighted by Crippen LogP contribution is 2.19. The Morgan fingerprint density at radius 2 is 1.67 bits per heavy atom. The number of aromatic nitrogens is 1. The van der Waals surface area contributed by atoms with Crippen molar-refractivity contribution in [2.45, 2.75) is 50.9 Å². The molecule has 0 bridgehead atoms. The zero-order valence-electron chi connectivity index (χ0n) is 23.4. The summed E-state index contributed by atoms with van der Waals surface area (Å²) in [4.78, 5) is 57.1. The summed E-state index contributed by atoms with van der Waals surface area (Å²) >= 11 is 3.39. The van der Waals surface area contributed by atoms with Crippen LogP contribution < -0.4 is 16.0 Å². The molecule has 10 nitrogen and oxygen atoms in total. The van der Waals surface area contributed by atoms with Crippen molar-refractivity contribution in [3.8, 4) is 0 Å². The molecule has 5 amide bonds. The van der Waals surface area contributed by atoms with Gasteiger partial charge in [-0.3, -0.25) is 24.7 Å². The van der Waals surface area contributed by atoms with E-state index in [0.29, 0.717) is 0 Å². The highest BCUT2D eigenvalue weighted by molar-refractivity contribution is 9.10. The third-order valence-corrected chi connectivity index (χ3v) is 7.65. The molecule has 11 heteroatoms. The number of nitrogens with zero attached hydrogens (tertiary/aromatic N) is 2. The fourth-order valence-corrected chi connectivity index (χ4v) is 5.06. The van der Waals surface area contributed by atoms with Crippen LogP contribution in [0.5, 0.6) is 0 Å². The molecular formula is C31H34BrN5O5. The van der Waals surface area contributed by atoms with Crippen molar-refractivity contribution >= 4 is 39.7 Å². The fraction of sp³-hybridized carbons (Fsp3) is 0.323. The molecule has 0 spiro atoms. The summed E-state index contributed by atoms with van der Waals surface area (Å²) in [6, 6.07) is 18.5. The van der Waals surface area contributed by atoms with Crippen LogP contribution in [-0.4, -0.2) is 69.5 Å². The van der Waals surface area contributed by atoms with Crippen LogP contribution in [0.15, 0.2) is 83.5 Å². The molecule has 0 aliphatic carbocycles. The Hall–Kier alpha value is -4.09. The largest absolute Gasteiger partial charge is 0.389 e. The Balaban J connectivity index is 1.52. The van der Waals surface area contributed by atoms with E-state index in [9.17, 15) is 24.3 Å². The molecule has 4 rings (SSSR count). The van der Waals surface area contributed by atoms with E-state index in [1.807, 2.05) is 54.6 Å². The smallest absolute Gasteiger partial charge is 0.324 e. The normalized spacial score (nSPS) is 17.0. The highest BCUT2D eigenvalue weighted by Gasteiger charge is 2.40. The summed E-state index contributed by atoms with van der Waals surface area (Å²) in [7, 11) is 0. The number of rotatable bonds is 12. The topological polar surface area (TPSA) is 141 Å². The SMILES string of the molecule is CC(C)[C@H](NC(=O)c1ccccn1)C(=O)N[C@@H](Cc1ccccc1)[C@@H](O)CN1C(=O)NC(=O)[C@@H]1Cc1ccc(Br)cc1. The second-order valence-corrected chi connectivity index (χ2v) is 11.5.